The van der Waals surface area contributed by atoms with Gasteiger partial charge in [-0.3, -0.25) is 0 Å². The van der Waals surface area contributed by atoms with E-state index < -0.39 is 9.84 Å². The molecule has 0 unspecified atom stereocenters. The number of benzene rings is 1. The lowest BCUT2D eigenvalue weighted by Gasteiger charge is -2.19. The van der Waals surface area contributed by atoms with Gasteiger partial charge in [0.05, 0.1) is 5.69 Å². The van der Waals surface area contributed by atoms with Crippen molar-refractivity contribution in [3.8, 4) is 5.69 Å². The minimum absolute atomic E-state index is 0.0325. The van der Waals surface area contributed by atoms with E-state index in [1.165, 1.54) is 4.68 Å². The molecule has 19 heavy (non-hydrogen) atoms. The fourth-order valence-electron chi connectivity index (χ4n) is 1.68. The van der Waals surface area contributed by atoms with Gasteiger partial charge in [0.25, 0.3) is 5.16 Å². The van der Waals surface area contributed by atoms with Crippen molar-refractivity contribution >= 4 is 9.84 Å². The van der Waals surface area contributed by atoms with E-state index in [9.17, 15) is 8.42 Å². The monoisotopic (exact) mass is 280 g/mol. The van der Waals surface area contributed by atoms with Crippen LogP contribution in [0.5, 0.6) is 0 Å². The molecule has 0 aliphatic rings. The summed E-state index contributed by atoms with van der Waals surface area (Å²) in [6, 6.07) is 7.53. The largest absolute Gasteiger partial charge is 0.272 e. The highest BCUT2D eigenvalue weighted by molar-refractivity contribution is 7.90. The Kier molecular flexibility index (Phi) is 3.17. The van der Waals surface area contributed by atoms with Crippen LogP contribution in [0.3, 0.4) is 0 Å². The first kappa shape index (κ1) is 13.7. The van der Waals surface area contributed by atoms with Crippen molar-refractivity contribution in [2.45, 2.75) is 31.3 Å². The minimum Gasteiger partial charge on any atom is -0.221 e. The molecule has 1 heterocycles. The standard InChI is InChI=1S/C12H16N4O2S/c1-12(2,3)9-6-5-7-10(8-9)16-11(13-14-15-16)19(4,17)18/h5-8H,1-4H3. The third kappa shape index (κ3) is 2.81. The van der Waals surface area contributed by atoms with E-state index in [2.05, 4.69) is 36.3 Å². The molecule has 2 aromatic rings. The summed E-state index contributed by atoms with van der Waals surface area (Å²) in [5, 5.41) is 10.6. The normalized spacial score (nSPS) is 12.6. The molecule has 0 spiro atoms. The lowest BCUT2D eigenvalue weighted by molar-refractivity contribution is 0.583. The van der Waals surface area contributed by atoms with Crippen molar-refractivity contribution < 1.29 is 8.42 Å². The Morgan fingerprint density at radius 1 is 1.21 bits per heavy atom. The van der Waals surface area contributed by atoms with Gasteiger partial charge < -0.3 is 0 Å². The first-order chi connectivity index (χ1) is 8.69. The first-order valence-electron chi connectivity index (χ1n) is 5.79. The molecule has 0 atom stereocenters. The van der Waals surface area contributed by atoms with Gasteiger partial charge in [0.2, 0.25) is 9.84 Å². The summed E-state index contributed by atoms with van der Waals surface area (Å²) in [6.07, 6.45) is 1.09. The maximum Gasteiger partial charge on any atom is 0.272 e. The van der Waals surface area contributed by atoms with Gasteiger partial charge in [-0.05, 0) is 33.5 Å². The summed E-state index contributed by atoms with van der Waals surface area (Å²) in [5.41, 5.74) is 1.69. The maximum absolute atomic E-state index is 11.6. The Balaban J connectivity index is 2.59. The summed E-state index contributed by atoms with van der Waals surface area (Å²) < 4.78 is 24.5. The lowest BCUT2D eigenvalue weighted by Crippen LogP contribution is -2.13. The highest BCUT2D eigenvalue weighted by Crippen LogP contribution is 2.24. The number of aromatic nitrogens is 4. The van der Waals surface area contributed by atoms with Gasteiger partial charge in [0.15, 0.2) is 0 Å². The van der Waals surface area contributed by atoms with Gasteiger partial charge in [-0.2, -0.15) is 4.68 Å². The molecule has 7 heteroatoms. The molecular weight excluding hydrogens is 264 g/mol. The van der Waals surface area contributed by atoms with Crippen molar-refractivity contribution in [3.05, 3.63) is 29.8 Å². The van der Waals surface area contributed by atoms with Gasteiger partial charge in [0, 0.05) is 6.26 Å². The topological polar surface area (TPSA) is 77.7 Å². The smallest absolute Gasteiger partial charge is 0.221 e. The second-order valence-corrected chi connectivity index (χ2v) is 7.36. The molecule has 0 aliphatic heterocycles. The molecule has 0 fully saturated rings. The van der Waals surface area contributed by atoms with Gasteiger partial charge in [0.1, 0.15) is 0 Å². The Labute approximate surface area is 112 Å². The zero-order valence-electron chi connectivity index (χ0n) is 11.3. The molecule has 0 amide bonds. The van der Waals surface area contributed by atoms with Crippen LogP contribution in [0.25, 0.3) is 5.69 Å². The molecule has 0 saturated heterocycles. The molecule has 1 aromatic carbocycles. The predicted octanol–water partition coefficient (Wildman–Crippen LogP) is 1.36. The van der Waals surface area contributed by atoms with Gasteiger partial charge in [-0.15, -0.1) is 0 Å². The predicted molar refractivity (Wildman–Crippen MR) is 71.0 cm³/mol. The third-order valence-corrected chi connectivity index (χ3v) is 3.65. The number of sulfone groups is 1. The Bertz CT molecular complexity index is 699. The van der Waals surface area contributed by atoms with Crippen LogP contribution in [-0.4, -0.2) is 34.9 Å². The average molecular weight is 280 g/mol. The van der Waals surface area contributed by atoms with Crippen molar-refractivity contribution in [2.24, 2.45) is 0 Å². The second-order valence-electron chi connectivity index (χ2n) is 5.45. The highest BCUT2D eigenvalue weighted by Gasteiger charge is 2.20. The van der Waals surface area contributed by atoms with E-state index in [4.69, 9.17) is 0 Å². The Morgan fingerprint density at radius 2 is 1.89 bits per heavy atom. The summed E-state index contributed by atoms with van der Waals surface area (Å²) in [6.45, 7) is 6.26. The van der Waals surface area contributed by atoms with E-state index in [-0.39, 0.29) is 10.6 Å². The fourth-order valence-corrected chi connectivity index (χ4v) is 2.32. The number of hydrogen-bond donors (Lipinski definition) is 0. The SMILES string of the molecule is CC(C)(C)c1cccc(-n2nnnc2S(C)(=O)=O)c1. The molecule has 0 aliphatic carbocycles. The summed E-state index contributed by atoms with van der Waals surface area (Å²) >= 11 is 0. The molecule has 102 valence electrons. The molecule has 1 aromatic heterocycles. The van der Waals surface area contributed by atoms with Crippen LogP contribution in [0, 0.1) is 0 Å². The van der Waals surface area contributed by atoms with E-state index in [0.29, 0.717) is 5.69 Å². The number of nitrogens with zero attached hydrogens (tertiary/aromatic N) is 4. The molecular formula is C12H16N4O2S. The third-order valence-electron chi connectivity index (χ3n) is 2.73. The van der Waals surface area contributed by atoms with Crippen LogP contribution >= 0.6 is 0 Å². The number of hydrogen-bond acceptors (Lipinski definition) is 5. The van der Waals surface area contributed by atoms with Crippen molar-refractivity contribution in [3.63, 3.8) is 0 Å². The van der Waals surface area contributed by atoms with Crippen molar-refractivity contribution in [2.75, 3.05) is 6.26 Å². The number of tetrazole rings is 1. The summed E-state index contributed by atoms with van der Waals surface area (Å²) in [4.78, 5) is 0. The van der Waals surface area contributed by atoms with E-state index >= 15 is 0 Å². The number of rotatable bonds is 2. The van der Waals surface area contributed by atoms with Crippen LogP contribution in [0.2, 0.25) is 0 Å². The van der Waals surface area contributed by atoms with E-state index in [0.717, 1.165) is 11.8 Å². The summed E-state index contributed by atoms with van der Waals surface area (Å²) in [5.74, 6) is 0. The van der Waals surface area contributed by atoms with Crippen LogP contribution in [-0.2, 0) is 15.3 Å². The van der Waals surface area contributed by atoms with Crippen LogP contribution in [0.1, 0.15) is 26.3 Å². The first-order valence-corrected chi connectivity index (χ1v) is 7.68. The zero-order chi connectivity index (χ0) is 14.3. The second kappa shape index (κ2) is 4.41. The van der Waals surface area contributed by atoms with Gasteiger partial charge in [-0.25, -0.2) is 8.42 Å². The fraction of sp³-hybridized carbons (Fsp3) is 0.417. The molecule has 2 rings (SSSR count). The molecule has 0 bridgehead atoms. The average Bonchev–Trinajstić information content (AvgIpc) is 2.76. The van der Waals surface area contributed by atoms with Crippen LogP contribution in [0.4, 0.5) is 0 Å². The molecule has 0 radical (unpaired) electrons. The van der Waals surface area contributed by atoms with Crippen LogP contribution < -0.4 is 0 Å². The van der Waals surface area contributed by atoms with Gasteiger partial charge in [-0.1, -0.05) is 38.0 Å². The van der Waals surface area contributed by atoms with E-state index in [1.54, 1.807) is 6.07 Å². The van der Waals surface area contributed by atoms with Crippen molar-refractivity contribution in [1.29, 1.82) is 0 Å². The van der Waals surface area contributed by atoms with E-state index in [1.807, 2.05) is 18.2 Å². The molecule has 6 nitrogen and oxygen atoms in total. The Hall–Kier alpha value is -1.76. The summed E-state index contributed by atoms with van der Waals surface area (Å²) in [7, 11) is -3.46. The van der Waals surface area contributed by atoms with Crippen LogP contribution in [0.15, 0.2) is 29.4 Å². The highest BCUT2D eigenvalue weighted by atomic mass is 32.2. The molecule has 0 N–H and O–H groups in total. The maximum atomic E-state index is 11.6. The van der Waals surface area contributed by atoms with Gasteiger partial charge >= 0.3 is 0 Å². The zero-order valence-corrected chi connectivity index (χ0v) is 12.1. The van der Waals surface area contributed by atoms with Crippen molar-refractivity contribution in [1.82, 2.24) is 20.2 Å². The minimum atomic E-state index is -3.46. The molecule has 0 saturated carbocycles. The Morgan fingerprint density at radius 3 is 2.47 bits per heavy atom. The quantitative estimate of drug-likeness (QED) is 0.830. The lowest BCUT2D eigenvalue weighted by atomic mass is 9.87.